The van der Waals surface area contributed by atoms with Gasteiger partial charge in [-0.15, -0.1) is 0 Å². The molecule has 4 heterocycles. The quantitative estimate of drug-likeness (QED) is 0.654. The van der Waals surface area contributed by atoms with E-state index >= 15 is 0 Å². The summed E-state index contributed by atoms with van der Waals surface area (Å²) in [5.74, 6) is 1.24. The van der Waals surface area contributed by atoms with E-state index in [1.165, 1.54) is 0 Å². The summed E-state index contributed by atoms with van der Waals surface area (Å²) in [6, 6.07) is 15.4. The monoisotopic (exact) mass is 380 g/mol. The molecule has 28 heavy (non-hydrogen) atoms. The topological polar surface area (TPSA) is 55.8 Å². The Kier molecular flexibility index (Phi) is 4.37. The van der Waals surface area contributed by atoms with E-state index in [9.17, 15) is 9.90 Å². The van der Waals surface area contributed by atoms with Crippen LogP contribution in [0.5, 0.6) is 11.5 Å². The van der Waals surface area contributed by atoms with Crippen LogP contribution in [0.15, 0.2) is 48.5 Å². The Balaban J connectivity index is 1.43. The number of para-hydroxylation sites is 2. The molecule has 3 fully saturated rings. The van der Waals surface area contributed by atoms with E-state index < -0.39 is 5.92 Å². The van der Waals surface area contributed by atoms with Crippen molar-refractivity contribution in [1.82, 2.24) is 0 Å². The van der Waals surface area contributed by atoms with Crippen LogP contribution in [0.25, 0.3) is 0 Å². The van der Waals surface area contributed by atoms with Gasteiger partial charge < -0.3 is 19.1 Å². The van der Waals surface area contributed by atoms with Crippen LogP contribution in [0, 0.1) is 5.92 Å². The molecular formula is C23H26NO4+. The fraction of sp³-hybridized carbons (Fsp3) is 0.435. The lowest BCUT2D eigenvalue weighted by Crippen LogP contribution is -2.65. The number of ether oxygens (including phenoxy) is 2. The van der Waals surface area contributed by atoms with Gasteiger partial charge in [0.1, 0.15) is 30.5 Å². The van der Waals surface area contributed by atoms with Crippen LogP contribution in [0.3, 0.4) is 0 Å². The van der Waals surface area contributed by atoms with Crippen LogP contribution >= 0.6 is 0 Å². The Hall–Kier alpha value is -2.37. The van der Waals surface area contributed by atoms with E-state index in [0.29, 0.717) is 5.92 Å². The average Bonchev–Trinajstić information content (AvgIpc) is 2.72. The zero-order chi connectivity index (χ0) is 19.1. The first-order valence-electron chi connectivity index (χ1n) is 10.2. The molecule has 6 rings (SSSR count). The lowest BCUT2D eigenvalue weighted by atomic mass is 9.82. The third-order valence-corrected chi connectivity index (χ3v) is 6.80. The van der Waals surface area contributed by atoms with Crippen molar-refractivity contribution in [2.45, 2.75) is 24.9 Å². The van der Waals surface area contributed by atoms with Gasteiger partial charge in [-0.05, 0) is 12.1 Å². The van der Waals surface area contributed by atoms with E-state index in [-0.39, 0.29) is 18.7 Å². The molecule has 4 aliphatic heterocycles. The molecule has 3 saturated heterocycles. The zero-order valence-electron chi connectivity index (χ0n) is 15.9. The van der Waals surface area contributed by atoms with Gasteiger partial charge in [0.15, 0.2) is 6.10 Å². The van der Waals surface area contributed by atoms with Crippen molar-refractivity contribution in [3.8, 4) is 11.5 Å². The minimum atomic E-state index is -0.456. The van der Waals surface area contributed by atoms with Crippen LogP contribution in [0.1, 0.15) is 29.9 Å². The fourth-order valence-corrected chi connectivity index (χ4v) is 5.26. The predicted molar refractivity (Wildman–Crippen MR) is 104 cm³/mol. The summed E-state index contributed by atoms with van der Waals surface area (Å²) in [6.45, 7) is 3.93. The predicted octanol–water partition coefficient (Wildman–Crippen LogP) is 3.07. The second-order valence-electron chi connectivity index (χ2n) is 8.34. The number of esters is 1. The van der Waals surface area contributed by atoms with E-state index in [0.717, 1.165) is 66.1 Å². The number of quaternary nitrogens is 1. The van der Waals surface area contributed by atoms with Crippen molar-refractivity contribution < 1.29 is 23.9 Å². The van der Waals surface area contributed by atoms with Gasteiger partial charge >= 0.3 is 5.97 Å². The lowest BCUT2D eigenvalue weighted by Gasteiger charge is -2.52. The molecule has 0 radical (unpaired) electrons. The van der Waals surface area contributed by atoms with Crippen molar-refractivity contribution in [3.63, 3.8) is 0 Å². The molecule has 2 bridgehead atoms. The third kappa shape index (κ3) is 2.90. The number of piperidine rings is 3. The maximum Gasteiger partial charge on any atom is 0.318 e. The normalized spacial score (nSPS) is 28.2. The number of carbonyl (C=O) groups excluding carboxylic acids is 1. The summed E-state index contributed by atoms with van der Waals surface area (Å²) in [4.78, 5) is 13.4. The number of aliphatic hydroxyl groups is 1. The first-order valence-corrected chi connectivity index (χ1v) is 10.2. The number of aliphatic hydroxyl groups excluding tert-OH is 1. The summed E-state index contributed by atoms with van der Waals surface area (Å²) in [6.07, 6.45) is 2.07. The van der Waals surface area contributed by atoms with E-state index in [2.05, 4.69) is 0 Å². The second kappa shape index (κ2) is 6.90. The van der Waals surface area contributed by atoms with Crippen LogP contribution in [-0.4, -0.2) is 54.4 Å². The van der Waals surface area contributed by atoms with Gasteiger partial charge in [-0.25, -0.2) is 0 Å². The highest BCUT2D eigenvalue weighted by Crippen LogP contribution is 2.45. The molecule has 2 aromatic rings. The number of fused-ring (bicyclic) bond motifs is 5. The zero-order valence-corrected chi connectivity index (χ0v) is 15.9. The van der Waals surface area contributed by atoms with Crippen molar-refractivity contribution in [1.29, 1.82) is 0 Å². The van der Waals surface area contributed by atoms with Gasteiger partial charge in [-0.1, -0.05) is 36.4 Å². The maximum atomic E-state index is 13.4. The van der Waals surface area contributed by atoms with Crippen molar-refractivity contribution in [2.24, 2.45) is 5.92 Å². The van der Waals surface area contributed by atoms with Gasteiger partial charge in [0, 0.05) is 29.9 Å². The van der Waals surface area contributed by atoms with E-state index in [1.54, 1.807) is 0 Å². The van der Waals surface area contributed by atoms with Gasteiger partial charge in [0.2, 0.25) is 0 Å². The molecule has 0 aromatic heterocycles. The molecule has 5 heteroatoms. The minimum absolute atomic E-state index is 0.0660. The number of benzene rings is 2. The number of carbonyl (C=O) groups is 1. The Morgan fingerprint density at radius 1 is 1.04 bits per heavy atom. The smallest absolute Gasteiger partial charge is 0.318 e. The highest BCUT2D eigenvalue weighted by molar-refractivity contribution is 5.85. The Morgan fingerprint density at radius 3 is 2.25 bits per heavy atom. The van der Waals surface area contributed by atoms with Crippen molar-refractivity contribution >= 4 is 5.97 Å². The summed E-state index contributed by atoms with van der Waals surface area (Å²) in [5, 5.41) is 9.49. The molecule has 2 aromatic carbocycles. The summed E-state index contributed by atoms with van der Waals surface area (Å²) >= 11 is 0. The minimum Gasteiger partial charge on any atom is -0.457 e. The number of rotatable bonds is 4. The van der Waals surface area contributed by atoms with Crippen molar-refractivity contribution in [3.05, 3.63) is 59.7 Å². The molecule has 1 N–H and O–H groups in total. The number of hydrogen-bond donors (Lipinski definition) is 1. The van der Waals surface area contributed by atoms with E-state index in [4.69, 9.17) is 9.47 Å². The molecule has 0 amide bonds. The average molecular weight is 380 g/mol. The fourth-order valence-electron chi connectivity index (χ4n) is 5.26. The standard InChI is InChI=1S/C23H26NO4/c25-14-13-24-11-9-16(10-12-24)21(15-24)28-23(26)22-17-5-1-3-7-19(17)27-20-8-4-2-6-18(20)22/h1-8,16,21-22,25H,9-15H2/q+1/t16?,21-,24?/m0/s1. The van der Waals surface area contributed by atoms with E-state index in [1.807, 2.05) is 48.5 Å². The summed E-state index contributed by atoms with van der Waals surface area (Å²) < 4.78 is 13.0. The molecule has 0 spiro atoms. The first-order chi connectivity index (χ1) is 13.7. The first kappa shape index (κ1) is 17.7. The summed E-state index contributed by atoms with van der Waals surface area (Å²) in [5.41, 5.74) is 1.73. The highest BCUT2D eigenvalue weighted by atomic mass is 16.5. The molecule has 146 valence electrons. The second-order valence-corrected chi connectivity index (χ2v) is 8.34. The lowest BCUT2D eigenvalue weighted by molar-refractivity contribution is -0.946. The van der Waals surface area contributed by atoms with Crippen LogP contribution in [-0.2, 0) is 9.53 Å². The molecule has 0 saturated carbocycles. The summed E-state index contributed by atoms with van der Waals surface area (Å²) in [7, 11) is 0. The SMILES string of the molecule is O=C(O[C@H]1C[N+]2(CCO)CCC1CC2)C1c2ccccc2Oc2ccccc21. The molecule has 1 atom stereocenters. The Bertz CT molecular complexity index is 837. The largest absolute Gasteiger partial charge is 0.457 e. The van der Waals surface area contributed by atoms with Crippen LogP contribution in [0.4, 0.5) is 0 Å². The molecule has 4 aliphatic rings. The molecule has 0 aliphatic carbocycles. The van der Waals surface area contributed by atoms with Gasteiger partial charge in [0.05, 0.1) is 19.7 Å². The molecular weight excluding hydrogens is 354 g/mol. The molecule has 5 nitrogen and oxygen atoms in total. The molecule has 0 unspecified atom stereocenters. The Morgan fingerprint density at radius 2 is 1.64 bits per heavy atom. The van der Waals surface area contributed by atoms with Crippen LogP contribution < -0.4 is 4.74 Å². The third-order valence-electron chi connectivity index (χ3n) is 6.80. The van der Waals surface area contributed by atoms with Gasteiger partial charge in [-0.3, -0.25) is 4.79 Å². The maximum absolute atomic E-state index is 13.4. The van der Waals surface area contributed by atoms with Gasteiger partial charge in [-0.2, -0.15) is 0 Å². The highest BCUT2D eigenvalue weighted by Gasteiger charge is 2.48. The Labute approximate surface area is 165 Å². The van der Waals surface area contributed by atoms with Crippen molar-refractivity contribution in [2.75, 3.05) is 32.8 Å². The number of nitrogens with zero attached hydrogens (tertiary/aromatic N) is 1. The van der Waals surface area contributed by atoms with Crippen LogP contribution in [0.2, 0.25) is 0 Å². The van der Waals surface area contributed by atoms with Gasteiger partial charge in [0.25, 0.3) is 0 Å². The number of hydrogen-bond acceptors (Lipinski definition) is 4.